The fourth-order valence-electron chi connectivity index (χ4n) is 2.21. The molecular formula is C15H23N3O5S. The second-order valence-electron chi connectivity index (χ2n) is 6.12. The van der Waals surface area contributed by atoms with E-state index < -0.39 is 32.8 Å². The van der Waals surface area contributed by atoms with Gasteiger partial charge in [0, 0.05) is 6.42 Å². The molecule has 1 aromatic heterocycles. The molecule has 0 radical (unpaired) electrons. The van der Waals surface area contributed by atoms with Crippen molar-refractivity contribution >= 4 is 21.5 Å². The molecule has 2 atom stereocenters. The zero-order valence-corrected chi connectivity index (χ0v) is 14.9. The Morgan fingerprint density at radius 3 is 2.50 bits per heavy atom. The lowest BCUT2D eigenvalue weighted by molar-refractivity contribution is -0.120. The van der Waals surface area contributed by atoms with E-state index in [1.54, 1.807) is 6.92 Å². The minimum Gasteiger partial charge on any atom is -0.345 e. The van der Waals surface area contributed by atoms with Gasteiger partial charge in [0.15, 0.2) is 15.7 Å². The number of rotatable bonds is 9. The van der Waals surface area contributed by atoms with Gasteiger partial charge < -0.3 is 9.84 Å². The number of Topliss-reactive ketones (excluding diaryl/α,β-unsaturated/α-hetero) is 1. The molecule has 0 bridgehead atoms. The summed E-state index contributed by atoms with van der Waals surface area (Å²) >= 11 is 0. The number of amides is 1. The van der Waals surface area contributed by atoms with E-state index in [2.05, 4.69) is 15.5 Å². The number of hydrogen-bond donors (Lipinski definition) is 1. The molecule has 1 aromatic rings. The van der Waals surface area contributed by atoms with E-state index in [4.69, 9.17) is 4.52 Å². The molecule has 1 saturated carbocycles. The molecule has 9 heteroatoms. The summed E-state index contributed by atoms with van der Waals surface area (Å²) in [5.41, 5.74) is 0. The molecule has 1 aliphatic carbocycles. The lowest BCUT2D eigenvalue weighted by Crippen LogP contribution is -2.47. The number of nitrogens with zero attached hydrogens (tertiary/aromatic N) is 2. The Morgan fingerprint density at radius 1 is 1.33 bits per heavy atom. The third-order valence-corrected chi connectivity index (χ3v) is 6.34. The highest BCUT2D eigenvalue weighted by Crippen LogP contribution is 2.31. The van der Waals surface area contributed by atoms with Crippen LogP contribution in [0.15, 0.2) is 4.52 Å². The van der Waals surface area contributed by atoms with E-state index in [0.717, 1.165) is 12.8 Å². The Balaban J connectivity index is 2.02. The fourth-order valence-corrected chi connectivity index (χ4v) is 3.88. The molecule has 1 amide bonds. The highest BCUT2D eigenvalue weighted by Gasteiger charge is 2.36. The third kappa shape index (κ3) is 4.40. The van der Waals surface area contributed by atoms with Crippen LogP contribution in [0.5, 0.6) is 0 Å². The van der Waals surface area contributed by atoms with Crippen LogP contribution in [0.3, 0.4) is 0 Å². The van der Waals surface area contributed by atoms with E-state index in [-0.39, 0.29) is 17.6 Å². The summed E-state index contributed by atoms with van der Waals surface area (Å²) in [4.78, 5) is 28.5. The zero-order valence-electron chi connectivity index (χ0n) is 14.1. The largest absolute Gasteiger partial charge is 0.345 e. The molecule has 1 fully saturated rings. The van der Waals surface area contributed by atoms with Gasteiger partial charge in [0.1, 0.15) is 5.25 Å². The van der Waals surface area contributed by atoms with Crippen LogP contribution in [0.2, 0.25) is 0 Å². The van der Waals surface area contributed by atoms with Gasteiger partial charge in [0.2, 0.25) is 11.7 Å². The van der Waals surface area contributed by atoms with Gasteiger partial charge in [0.05, 0.1) is 11.8 Å². The highest BCUT2D eigenvalue weighted by atomic mass is 32.2. The average Bonchev–Trinajstić information content (AvgIpc) is 3.22. The maximum Gasteiger partial charge on any atom is 0.296 e. The second-order valence-corrected chi connectivity index (χ2v) is 8.48. The summed E-state index contributed by atoms with van der Waals surface area (Å²) in [5.74, 6) is -0.765. The van der Waals surface area contributed by atoms with Crippen LogP contribution >= 0.6 is 0 Å². The highest BCUT2D eigenvalue weighted by molar-refractivity contribution is 7.92. The van der Waals surface area contributed by atoms with Crippen molar-refractivity contribution in [2.24, 2.45) is 5.92 Å². The van der Waals surface area contributed by atoms with E-state index in [1.165, 1.54) is 6.92 Å². The third-order valence-electron chi connectivity index (χ3n) is 4.11. The molecular weight excluding hydrogens is 334 g/mol. The monoisotopic (exact) mass is 357 g/mol. The Bertz CT molecular complexity index is 708. The lowest BCUT2D eigenvalue weighted by atomic mass is 10.1. The van der Waals surface area contributed by atoms with Gasteiger partial charge in [-0.25, -0.2) is 8.42 Å². The number of aryl methyl sites for hydroxylation is 1. The number of hydrogen-bond acceptors (Lipinski definition) is 7. The maximum absolute atomic E-state index is 12.3. The fraction of sp³-hybridized carbons (Fsp3) is 0.733. The van der Waals surface area contributed by atoms with Crippen molar-refractivity contribution in [3.05, 3.63) is 11.7 Å². The average molecular weight is 357 g/mol. The Kier molecular flexibility index (Phi) is 5.74. The molecule has 134 valence electrons. The van der Waals surface area contributed by atoms with Crippen molar-refractivity contribution in [3.63, 3.8) is 0 Å². The number of ketones is 1. The van der Waals surface area contributed by atoms with Gasteiger partial charge >= 0.3 is 0 Å². The van der Waals surface area contributed by atoms with Crippen molar-refractivity contribution in [3.8, 4) is 0 Å². The molecule has 2 unspecified atom stereocenters. The quantitative estimate of drug-likeness (QED) is 0.653. The van der Waals surface area contributed by atoms with Crippen molar-refractivity contribution in [1.29, 1.82) is 0 Å². The van der Waals surface area contributed by atoms with Crippen molar-refractivity contribution in [1.82, 2.24) is 15.5 Å². The van der Waals surface area contributed by atoms with E-state index in [1.807, 2.05) is 6.92 Å². The zero-order chi connectivity index (χ0) is 17.9. The molecule has 2 rings (SSSR count). The first-order valence-corrected chi connectivity index (χ1v) is 9.88. The predicted molar refractivity (Wildman–Crippen MR) is 86.2 cm³/mol. The van der Waals surface area contributed by atoms with Gasteiger partial charge in [-0.3, -0.25) is 9.59 Å². The molecule has 8 nitrogen and oxygen atoms in total. The van der Waals surface area contributed by atoms with Gasteiger partial charge in [-0.2, -0.15) is 4.98 Å². The number of sulfone groups is 1. The predicted octanol–water partition coefficient (Wildman–Crippen LogP) is 0.923. The van der Waals surface area contributed by atoms with E-state index in [9.17, 15) is 18.0 Å². The number of nitrogens with one attached hydrogen (secondary N) is 1. The van der Waals surface area contributed by atoms with Gasteiger partial charge in [-0.1, -0.05) is 19.0 Å². The van der Waals surface area contributed by atoms with Crippen LogP contribution in [-0.2, 0) is 21.1 Å². The summed E-state index contributed by atoms with van der Waals surface area (Å²) < 4.78 is 29.3. The Labute approximate surface area is 141 Å². The minimum absolute atomic E-state index is 0.0237. The van der Waals surface area contributed by atoms with Crippen LogP contribution in [0, 0.1) is 5.92 Å². The van der Waals surface area contributed by atoms with Crippen LogP contribution in [0.4, 0.5) is 0 Å². The van der Waals surface area contributed by atoms with Crippen LogP contribution in [-0.4, -0.2) is 47.3 Å². The second kappa shape index (κ2) is 7.42. The smallest absolute Gasteiger partial charge is 0.296 e. The molecule has 0 spiro atoms. The summed E-state index contributed by atoms with van der Waals surface area (Å²) in [6.07, 6.45) is 2.60. The Hall–Kier alpha value is -1.77. The molecule has 1 N–H and O–H groups in total. The summed E-state index contributed by atoms with van der Waals surface area (Å²) in [5, 5.41) is 4.96. The van der Waals surface area contributed by atoms with E-state index >= 15 is 0 Å². The number of carbonyl (C=O) groups excluding carboxylic acids is 2. The SMILES string of the molecule is CCc1noc(C(=O)C(CC)NC(=O)C(C)S(=O)(=O)CC2CC2)n1. The van der Waals surface area contributed by atoms with Crippen LogP contribution in [0.25, 0.3) is 0 Å². The molecule has 1 heterocycles. The molecule has 0 saturated heterocycles. The summed E-state index contributed by atoms with van der Waals surface area (Å²) in [6.45, 7) is 4.89. The molecule has 1 aliphatic rings. The van der Waals surface area contributed by atoms with Crippen molar-refractivity contribution < 1.29 is 22.5 Å². The Morgan fingerprint density at radius 2 is 2.00 bits per heavy atom. The van der Waals surface area contributed by atoms with Crippen molar-refractivity contribution in [2.45, 2.75) is 57.7 Å². The van der Waals surface area contributed by atoms with Crippen molar-refractivity contribution in [2.75, 3.05) is 5.75 Å². The van der Waals surface area contributed by atoms with Crippen LogP contribution < -0.4 is 5.32 Å². The van der Waals surface area contributed by atoms with Crippen LogP contribution in [0.1, 0.15) is 56.5 Å². The maximum atomic E-state index is 12.3. The number of aromatic nitrogens is 2. The normalized spacial score (nSPS) is 17.3. The first-order valence-electron chi connectivity index (χ1n) is 8.17. The van der Waals surface area contributed by atoms with Gasteiger partial charge in [0.25, 0.3) is 5.89 Å². The lowest BCUT2D eigenvalue weighted by Gasteiger charge is -2.18. The van der Waals surface area contributed by atoms with E-state index in [0.29, 0.717) is 18.7 Å². The first kappa shape index (κ1) is 18.6. The molecule has 0 aliphatic heterocycles. The number of carbonyl (C=O) groups is 2. The molecule has 0 aromatic carbocycles. The summed E-state index contributed by atoms with van der Waals surface area (Å²) in [7, 11) is -3.52. The van der Waals surface area contributed by atoms with Gasteiger partial charge in [-0.05, 0) is 32.1 Å². The standard InChI is InChI=1S/C15H23N3O5S/c1-4-11(13(19)15-17-12(5-2)18-23-15)16-14(20)9(3)24(21,22)8-10-6-7-10/h9-11H,4-8H2,1-3H3,(H,16,20). The minimum atomic E-state index is -3.52. The molecule has 24 heavy (non-hydrogen) atoms. The van der Waals surface area contributed by atoms with Gasteiger partial charge in [-0.15, -0.1) is 0 Å². The summed E-state index contributed by atoms with van der Waals surface area (Å²) in [6, 6.07) is -0.888. The topological polar surface area (TPSA) is 119 Å². The first-order chi connectivity index (χ1) is 11.3.